The Balaban J connectivity index is 0.943. The van der Waals surface area contributed by atoms with Gasteiger partial charge in [0.25, 0.3) is 24.9 Å². The largest absolute Gasteiger partial charge is 0.756 e. The number of aryl methyl sites for hydroxylation is 1. The summed E-state index contributed by atoms with van der Waals surface area (Å²) in [4.78, 5) is 103. The summed E-state index contributed by atoms with van der Waals surface area (Å²) < 4.78 is 115. The van der Waals surface area contributed by atoms with Crippen molar-refractivity contribution in [1.82, 2.24) is 43.6 Å². The number of hydrogen-bond acceptors (Lipinski definition) is 28. The quantitative estimate of drug-likeness (QED) is 0.0218. The van der Waals surface area contributed by atoms with E-state index < -0.39 is 141 Å². The number of hydrogen-bond donors (Lipinski definition) is 10. The van der Waals surface area contributed by atoms with E-state index in [-0.39, 0.29) is 53.2 Å². The molecule has 8 heterocycles. The maximum absolute atomic E-state index is 13.5. The molecule has 0 saturated carbocycles. The lowest BCUT2D eigenvalue weighted by molar-refractivity contribution is -0.745. The van der Waals surface area contributed by atoms with Crippen molar-refractivity contribution in [3.8, 4) is 0 Å². The van der Waals surface area contributed by atoms with Crippen molar-refractivity contribution < 1.29 is 108 Å². The molecule has 5 aromatic heterocycles. The molecule has 8 rings (SSSR count). The highest BCUT2D eigenvalue weighted by molar-refractivity contribution is 7.66. The number of nitrogen functional groups attached to an aromatic ring is 1. The van der Waals surface area contributed by atoms with Gasteiger partial charge in [-0.1, -0.05) is 4.98 Å². The summed E-state index contributed by atoms with van der Waals surface area (Å²) in [7, 11) is -19.7. The number of aromatic nitrogens is 10. The molecule has 37 nitrogen and oxygen atoms in total. The SMILES string of the molecule is COCC[C@H]1[C@@H](O)[C@H]([n+]2cn(C)c3c(=O)[nH]c(NC(C)C)nc32)O[C@@H]1COP(=O)(O)OP(=O)(O)OP(=O)(O)OC[C@H]1O[C@@H](n2cnc3c(N)ncnc32)[C@H](OC)[C@@H]1OP(=O)([O-])OC[C@H]1O[C@@H](n2ccc(=O)[nH]c2=O)[C@H](O)[C@@H]1O. The van der Waals surface area contributed by atoms with Gasteiger partial charge in [0.2, 0.25) is 11.7 Å². The van der Waals surface area contributed by atoms with Gasteiger partial charge in [0.1, 0.15) is 54.6 Å². The number of aromatic amines is 2. The molecule has 41 heteroatoms. The standard InChI is InChI=1S/C37H54N12O25P4/c1-16(2)42-36-44-31-23(32(54)45-36)46(3)15-49(31)33-24(51)17(7-9-64-4)18(69-33)10-67-76(58,59)73-78(62,63)74-77(60,61)68-12-20-27(28(65-5)35(71-20)48-14-41-22-29(38)39-13-40-30(22)48)72-75(56,57)66-11-19-25(52)26(53)34(70-19)47-8-6-21(50)43-37(47)55/h6,8,13-20,24-28,33-35,51-53H,7,9-12H2,1-5H3,(H8-,38,39,40,42,43,44,45,50,54,55,56,57,58,59,60,61,62,63)/t17-,18-,19-,20-,24-,25-,26-,27-,28-,33-,34-,35-/m1/s1. The van der Waals surface area contributed by atoms with Crippen LogP contribution in [0.25, 0.3) is 22.3 Å². The Bertz CT molecular complexity index is 3360. The maximum Gasteiger partial charge on any atom is 0.490 e. The molecule has 0 aromatic carbocycles. The first kappa shape index (κ1) is 59.5. The summed E-state index contributed by atoms with van der Waals surface area (Å²) in [5, 5.41) is 35.8. The number of anilines is 2. The van der Waals surface area contributed by atoms with Gasteiger partial charge in [0, 0.05) is 45.0 Å². The minimum atomic E-state index is -6.19. The van der Waals surface area contributed by atoms with Gasteiger partial charge in [0.15, 0.2) is 30.2 Å². The van der Waals surface area contributed by atoms with E-state index in [1.165, 1.54) is 27.1 Å². The van der Waals surface area contributed by atoms with Crippen LogP contribution < -0.4 is 37.3 Å². The predicted octanol–water partition coefficient (Wildman–Crippen LogP) is -2.98. The normalized spacial score (nSPS) is 29.7. The predicted molar refractivity (Wildman–Crippen MR) is 254 cm³/mol. The van der Waals surface area contributed by atoms with E-state index >= 15 is 0 Å². The van der Waals surface area contributed by atoms with Gasteiger partial charge in [-0.15, -0.1) is 0 Å². The molecule has 16 atom stereocenters. The number of rotatable bonds is 24. The van der Waals surface area contributed by atoms with Crippen LogP contribution in [-0.2, 0) is 75.7 Å². The Hall–Kier alpha value is -4.62. The third kappa shape index (κ3) is 13.1. The molecule has 0 amide bonds. The van der Waals surface area contributed by atoms with Crippen LogP contribution in [0, 0.1) is 5.92 Å². The van der Waals surface area contributed by atoms with Crippen molar-refractivity contribution in [2.24, 2.45) is 13.0 Å². The van der Waals surface area contributed by atoms with Gasteiger partial charge in [-0.3, -0.25) is 46.9 Å². The Kier molecular flexibility index (Phi) is 17.9. The molecule has 3 aliphatic rings. The molecule has 4 unspecified atom stereocenters. The van der Waals surface area contributed by atoms with Crippen molar-refractivity contribution in [1.29, 1.82) is 0 Å². The van der Waals surface area contributed by atoms with E-state index in [1.807, 2.05) is 18.8 Å². The maximum atomic E-state index is 13.5. The fraction of sp³-hybridized carbons (Fsp3) is 0.622. The van der Waals surface area contributed by atoms with Gasteiger partial charge in [0.05, 0.1) is 39.3 Å². The molecule has 0 bridgehead atoms. The minimum absolute atomic E-state index is 0.00290. The highest BCUT2D eigenvalue weighted by atomic mass is 31.3. The lowest BCUT2D eigenvalue weighted by atomic mass is 9.95. The van der Waals surface area contributed by atoms with Crippen LogP contribution in [0.4, 0.5) is 11.8 Å². The summed E-state index contributed by atoms with van der Waals surface area (Å²) in [6, 6.07) is 0.775. The number of ether oxygens (including phenoxy) is 5. The zero-order valence-corrected chi connectivity index (χ0v) is 44.9. The Morgan fingerprint density at radius 1 is 0.846 bits per heavy atom. The highest BCUT2D eigenvalue weighted by Crippen LogP contribution is 2.68. The third-order valence-electron chi connectivity index (χ3n) is 12.2. The molecule has 3 aliphatic heterocycles. The molecular formula is C37H54N12O25P4. The second-order valence-corrected chi connectivity index (χ2v) is 23.9. The monoisotopic (exact) mass is 1190 g/mol. The van der Waals surface area contributed by atoms with E-state index in [0.717, 1.165) is 36.6 Å². The molecule has 78 heavy (non-hydrogen) atoms. The van der Waals surface area contributed by atoms with Crippen LogP contribution in [-0.4, -0.2) is 169 Å². The molecule has 3 saturated heterocycles. The van der Waals surface area contributed by atoms with Gasteiger partial charge < -0.3 is 78.7 Å². The number of aliphatic hydroxyl groups excluding tert-OH is 3. The van der Waals surface area contributed by atoms with Gasteiger partial charge in [-0.05, 0) is 20.3 Å². The van der Waals surface area contributed by atoms with Gasteiger partial charge in [-0.2, -0.15) is 8.62 Å². The van der Waals surface area contributed by atoms with Crippen molar-refractivity contribution in [2.45, 2.75) is 93.8 Å². The van der Waals surface area contributed by atoms with Crippen molar-refractivity contribution in [3.63, 3.8) is 0 Å². The number of phosphoric acid groups is 4. The summed E-state index contributed by atoms with van der Waals surface area (Å²) in [6.45, 7) is 0.372. The number of imidazole rings is 2. The second-order valence-electron chi connectivity index (χ2n) is 17.9. The van der Waals surface area contributed by atoms with Gasteiger partial charge >= 0.3 is 34.8 Å². The number of phosphoric ester groups is 3. The van der Waals surface area contributed by atoms with E-state index in [9.17, 15) is 67.5 Å². The van der Waals surface area contributed by atoms with E-state index in [2.05, 4.69) is 38.9 Å². The first-order chi connectivity index (χ1) is 36.6. The van der Waals surface area contributed by atoms with Gasteiger partial charge in [-0.25, -0.2) is 38.0 Å². The number of aliphatic hydroxyl groups is 3. The summed E-state index contributed by atoms with van der Waals surface area (Å²) >= 11 is 0. The fourth-order valence-electron chi connectivity index (χ4n) is 8.80. The zero-order valence-electron chi connectivity index (χ0n) is 41.3. The third-order valence-corrected chi connectivity index (χ3v) is 17.4. The number of fused-ring (bicyclic) bond motifs is 2. The summed E-state index contributed by atoms with van der Waals surface area (Å²) in [5.74, 6) is -0.918. The lowest BCUT2D eigenvalue weighted by Crippen LogP contribution is -2.45. The number of H-pyrrole nitrogens is 2. The number of nitrogens with zero attached hydrogens (tertiary/aromatic N) is 8. The fourth-order valence-corrected chi connectivity index (χ4v) is 13.3. The van der Waals surface area contributed by atoms with E-state index in [1.54, 1.807) is 7.05 Å². The molecule has 0 spiro atoms. The van der Waals surface area contributed by atoms with Crippen LogP contribution in [0.15, 0.2) is 45.6 Å². The Morgan fingerprint density at radius 3 is 2.17 bits per heavy atom. The molecule has 0 aliphatic carbocycles. The average molecular weight is 1190 g/mol. The van der Waals surface area contributed by atoms with Crippen molar-refractivity contribution >= 4 is 65.4 Å². The van der Waals surface area contributed by atoms with Crippen LogP contribution >= 0.6 is 31.3 Å². The molecular weight excluding hydrogens is 1140 g/mol. The molecule has 0 radical (unpaired) electrons. The summed E-state index contributed by atoms with van der Waals surface area (Å²) in [6.07, 6.45) is -13.3. The average Bonchev–Trinajstić information content (AvgIpc) is 4.31. The molecule has 3 fully saturated rings. The molecule has 5 aromatic rings. The van der Waals surface area contributed by atoms with Crippen LogP contribution in [0.2, 0.25) is 0 Å². The van der Waals surface area contributed by atoms with E-state index in [0.29, 0.717) is 0 Å². The molecule has 432 valence electrons. The Morgan fingerprint density at radius 2 is 1.51 bits per heavy atom. The molecule has 11 N–H and O–H groups in total. The number of nitrogens with one attached hydrogen (secondary N) is 3. The lowest BCUT2D eigenvalue weighted by Gasteiger charge is -2.31. The minimum Gasteiger partial charge on any atom is -0.756 e. The van der Waals surface area contributed by atoms with E-state index in [4.69, 9.17) is 47.5 Å². The highest BCUT2D eigenvalue weighted by Gasteiger charge is 2.53. The Labute approximate surface area is 437 Å². The number of nitrogens with two attached hydrogens (primary N) is 1. The smallest absolute Gasteiger partial charge is 0.490 e. The summed E-state index contributed by atoms with van der Waals surface area (Å²) in [5.41, 5.74) is 3.78. The topological polar surface area (TPSA) is 505 Å². The van der Waals surface area contributed by atoms with Crippen LogP contribution in [0.1, 0.15) is 39.0 Å². The zero-order chi connectivity index (χ0) is 56.8. The first-order valence-corrected chi connectivity index (χ1v) is 28.9. The number of methoxy groups -OCH3 is 2. The first-order valence-electron chi connectivity index (χ1n) is 23.0. The second kappa shape index (κ2) is 23.5. The van der Waals surface area contributed by atoms with Crippen molar-refractivity contribution in [3.05, 3.63) is 62.4 Å². The van der Waals surface area contributed by atoms with Crippen LogP contribution in [0.5, 0.6) is 0 Å². The van der Waals surface area contributed by atoms with Crippen LogP contribution in [0.3, 0.4) is 0 Å². The van der Waals surface area contributed by atoms with Crippen molar-refractivity contribution in [2.75, 3.05) is 51.7 Å².